The van der Waals surface area contributed by atoms with Crippen LogP contribution in [0.15, 0.2) is 42.6 Å². The summed E-state index contributed by atoms with van der Waals surface area (Å²) < 4.78 is 5.58. The highest BCUT2D eigenvalue weighted by Gasteiger charge is 2.08. The molecule has 0 aliphatic carbocycles. The van der Waals surface area contributed by atoms with Crippen molar-refractivity contribution in [3.63, 3.8) is 0 Å². The second-order valence-electron chi connectivity index (χ2n) is 4.95. The van der Waals surface area contributed by atoms with Gasteiger partial charge in [-0.25, -0.2) is 4.98 Å². The van der Waals surface area contributed by atoms with Gasteiger partial charge in [-0.3, -0.25) is 0 Å². The normalized spacial score (nSPS) is 10.4. The highest BCUT2D eigenvalue weighted by Crippen LogP contribution is 2.22. The lowest BCUT2D eigenvalue weighted by Gasteiger charge is -2.10. The van der Waals surface area contributed by atoms with Crippen LogP contribution in [0, 0.1) is 6.92 Å². The van der Waals surface area contributed by atoms with Gasteiger partial charge >= 0.3 is 0 Å². The van der Waals surface area contributed by atoms with Crippen molar-refractivity contribution < 1.29 is 4.74 Å². The number of para-hydroxylation sites is 1. The number of nitrogen functional groups attached to an aromatic ring is 1. The number of anilines is 3. The topological polar surface area (TPSA) is 98.8 Å². The fourth-order valence-electron chi connectivity index (χ4n) is 2.01. The Hall–Kier alpha value is -2.93. The number of nitrogens with two attached hydrogens (primary N) is 1. The molecule has 8 heteroatoms. The fourth-order valence-corrected chi connectivity index (χ4v) is 2.19. The molecule has 2 aromatic heterocycles. The SMILES string of the molecule is Cc1ccccc1Nc1nc(N)nc(COc2cccnc2Cl)n1. The maximum Gasteiger partial charge on any atom is 0.232 e. The number of nitrogens with zero attached hydrogens (tertiary/aromatic N) is 4. The number of rotatable bonds is 5. The number of hydrogen-bond acceptors (Lipinski definition) is 7. The summed E-state index contributed by atoms with van der Waals surface area (Å²) in [4.78, 5) is 16.4. The van der Waals surface area contributed by atoms with E-state index in [0.29, 0.717) is 17.5 Å². The van der Waals surface area contributed by atoms with Crippen molar-refractivity contribution in [1.82, 2.24) is 19.9 Å². The molecule has 3 aromatic rings. The molecule has 0 saturated heterocycles. The van der Waals surface area contributed by atoms with Gasteiger partial charge in [0.15, 0.2) is 16.7 Å². The molecular weight excluding hydrogens is 328 g/mol. The molecule has 0 radical (unpaired) electrons. The Morgan fingerprint density at radius 2 is 1.96 bits per heavy atom. The zero-order valence-corrected chi connectivity index (χ0v) is 13.7. The molecule has 0 fully saturated rings. The maximum absolute atomic E-state index is 5.95. The summed E-state index contributed by atoms with van der Waals surface area (Å²) in [5, 5.41) is 3.40. The van der Waals surface area contributed by atoms with E-state index in [4.69, 9.17) is 22.1 Å². The predicted octanol–water partition coefficient (Wildman–Crippen LogP) is 3.13. The van der Waals surface area contributed by atoms with E-state index in [-0.39, 0.29) is 17.7 Å². The average molecular weight is 343 g/mol. The Kier molecular flexibility index (Phi) is 4.72. The molecule has 0 unspecified atom stereocenters. The van der Waals surface area contributed by atoms with Crippen LogP contribution >= 0.6 is 11.6 Å². The molecular formula is C16H15ClN6O. The number of nitrogens with one attached hydrogen (secondary N) is 1. The van der Waals surface area contributed by atoms with Gasteiger partial charge in [0.2, 0.25) is 11.9 Å². The van der Waals surface area contributed by atoms with E-state index in [1.54, 1.807) is 18.3 Å². The molecule has 0 amide bonds. The lowest BCUT2D eigenvalue weighted by atomic mass is 10.2. The number of ether oxygens (including phenoxy) is 1. The number of aryl methyl sites for hydroxylation is 1. The summed E-state index contributed by atoms with van der Waals surface area (Å²) in [5.41, 5.74) is 7.71. The van der Waals surface area contributed by atoms with Crippen molar-refractivity contribution in [2.45, 2.75) is 13.5 Å². The monoisotopic (exact) mass is 342 g/mol. The van der Waals surface area contributed by atoms with E-state index in [9.17, 15) is 0 Å². The molecule has 7 nitrogen and oxygen atoms in total. The largest absolute Gasteiger partial charge is 0.482 e. The highest BCUT2D eigenvalue weighted by atomic mass is 35.5. The summed E-state index contributed by atoms with van der Waals surface area (Å²) in [5.74, 6) is 1.30. The third kappa shape index (κ3) is 3.88. The summed E-state index contributed by atoms with van der Waals surface area (Å²) >= 11 is 5.95. The summed E-state index contributed by atoms with van der Waals surface area (Å²) in [7, 11) is 0. The Balaban J connectivity index is 1.77. The van der Waals surface area contributed by atoms with E-state index in [1.165, 1.54) is 0 Å². The first-order valence-electron chi connectivity index (χ1n) is 7.18. The van der Waals surface area contributed by atoms with Gasteiger partial charge in [-0.05, 0) is 30.7 Å². The molecule has 24 heavy (non-hydrogen) atoms. The van der Waals surface area contributed by atoms with Gasteiger partial charge in [-0.15, -0.1) is 0 Å². The second-order valence-corrected chi connectivity index (χ2v) is 5.31. The van der Waals surface area contributed by atoms with Crippen LogP contribution in [0.3, 0.4) is 0 Å². The first-order valence-corrected chi connectivity index (χ1v) is 7.56. The first kappa shape index (κ1) is 15.9. The van der Waals surface area contributed by atoms with Gasteiger partial charge in [0, 0.05) is 11.9 Å². The second kappa shape index (κ2) is 7.10. The van der Waals surface area contributed by atoms with E-state index in [2.05, 4.69) is 25.3 Å². The quantitative estimate of drug-likeness (QED) is 0.687. The summed E-state index contributed by atoms with van der Waals surface area (Å²) in [6, 6.07) is 11.2. The molecule has 3 N–H and O–H groups in total. The zero-order valence-electron chi connectivity index (χ0n) is 12.9. The molecule has 3 rings (SSSR count). The molecule has 0 saturated carbocycles. The number of benzene rings is 1. The lowest BCUT2D eigenvalue weighted by Crippen LogP contribution is -2.10. The minimum Gasteiger partial charge on any atom is -0.482 e. The standard InChI is InChI=1S/C16H15ClN6O/c1-10-5-2-3-6-11(10)20-16-22-13(21-15(18)23-16)9-24-12-7-4-8-19-14(12)17/h2-8H,9H2,1H3,(H3,18,20,21,22,23). The Bertz CT molecular complexity index is 857. The number of pyridine rings is 1. The van der Waals surface area contributed by atoms with Crippen LogP contribution in [-0.2, 0) is 6.61 Å². The zero-order chi connectivity index (χ0) is 16.9. The molecule has 122 valence electrons. The first-order chi connectivity index (χ1) is 11.6. The lowest BCUT2D eigenvalue weighted by molar-refractivity contribution is 0.295. The van der Waals surface area contributed by atoms with Gasteiger partial charge in [-0.2, -0.15) is 15.0 Å². The van der Waals surface area contributed by atoms with Crippen LogP contribution in [0.25, 0.3) is 0 Å². The highest BCUT2D eigenvalue weighted by molar-refractivity contribution is 6.30. The van der Waals surface area contributed by atoms with Gasteiger partial charge in [0.1, 0.15) is 6.61 Å². The van der Waals surface area contributed by atoms with Crippen LogP contribution in [0.5, 0.6) is 5.75 Å². The Morgan fingerprint density at radius 1 is 1.12 bits per heavy atom. The summed E-state index contributed by atoms with van der Waals surface area (Å²) in [6.07, 6.45) is 1.58. The van der Waals surface area contributed by atoms with Crippen molar-refractivity contribution in [2.75, 3.05) is 11.1 Å². The fraction of sp³-hybridized carbons (Fsp3) is 0.125. The van der Waals surface area contributed by atoms with Gasteiger partial charge in [0.25, 0.3) is 0 Å². The molecule has 0 atom stereocenters. The van der Waals surface area contributed by atoms with Crippen LogP contribution < -0.4 is 15.8 Å². The Labute approximate surface area is 143 Å². The molecule has 0 bridgehead atoms. The summed E-state index contributed by atoms with van der Waals surface area (Å²) in [6.45, 7) is 2.09. The van der Waals surface area contributed by atoms with Crippen LogP contribution in [-0.4, -0.2) is 19.9 Å². The molecule has 0 aliphatic rings. The number of aromatic nitrogens is 4. The number of hydrogen-bond donors (Lipinski definition) is 2. The van der Waals surface area contributed by atoms with Gasteiger partial charge < -0.3 is 15.8 Å². The van der Waals surface area contributed by atoms with Crippen molar-refractivity contribution >= 4 is 29.2 Å². The van der Waals surface area contributed by atoms with Gasteiger partial charge in [-0.1, -0.05) is 29.8 Å². The maximum atomic E-state index is 5.95. The molecule has 2 heterocycles. The van der Waals surface area contributed by atoms with Gasteiger partial charge in [0.05, 0.1) is 0 Å². The van der Waals surface area contributed by atoms with Crippen LogP contribution in [0.1, 0.15) is 11.4 Å². The van der Waals surface area contributed by atoms with E-state index in [0.717, 1.165) is 11.3 Å². The third-order valence-corrected chi connectivity index (χ3v) is 3.46. The van der Waals surface area contributed by atoms with Crippen LogP contribution in [0.4, 0.5) is 17.6 Å². The predicted molar refractivity (Wildman–Crippen MR) is 92.3 cm³/mol. The van der Waals surface area contributed by atoms with E-state index >= 15 is 0 Å². The van der Waals surface area contributed by atoms with Crippen LogP contribution in [0.2, 0.25) is 5.15 Å². The van der Waals surface area contributed by atoms with Crippen molar-refractivity contribution in [3.8, 4) is 5.75 Å². The number of halogens is 1. The smallest absolute Gasteiger partial charge is 0.232 e. The van der Waals surface area contributed by atoms with Crippen molar-refractivity contribution in [3.05, 3.63) is 59.1 Å². The minimum absolute atomic E-state index is 0.0978. The van der Waals surface area contributed by atoms with Crippen molar-refractivity contribution in [1.29, 1.82) is 0 Å². The molecule has 0 aliphatic heterocycles. The Morgan fingerprint density at radius 3 is 2.75 bits per heavy atom. The minimum atomic E-state index is 0.0978. The van der Waals surface area contributed by atoms with Crippen molar-refractivity contribution in [2.24, 2.45) is 0 Å². The molecule has 1 aromatic carbocycles. The van der Waals surface area contributed by atoms with E-state index < -0.39 is 0 Å². The average Bonchev–Trinajstić information content (AvgIpc) is 2.56. The molecule has 0 spiro atoms. The van der Waals surface area contributed by atoms with E-state index in [1.807, 2.05) is 31.2 Å². The third-order valence-electron chi connectivity index (χ3n) is 3.17.